The van der Waals surface area contributed by atoms with Crippen LogP contribution in [0.1, 0.15) is 25.8 Å². The molecule has 0 aliphatic rings. The van der Waals surface area contributed by atoms with Crippen molar-refractivity contribution in [2.24, 2.45) is 5.92 Å². The van der Waals surface area contributed by atoms with Gasteiger partial charge in [-0.15, -0.1) is 0 Å². The molecule has 2 aromatic carbocycles. The minimum atomic E-state index is -0.495. The highest BCUT2D eigenvalue weighted by Crippen LogP contribution is 2.33. The predicted octanol–water partition coefficient (Wildman–Crippen LogP) is 6.03. The second kappa shape index (κ2) is 7.75. The van der Waals surface area contributed by atoms with Crippen molar-refractivity contribution in [2.45, 2.75) is 27.2 Å². The van der Waals surface area contributed by atoms with Gasteiger partial charge in [-0.3, -0.25) is 9.59 Å². The van der Waals surface area contributed by atoms with Gasteiger partial charge in [-0.25, -0.2) is 0 Å². The molecule has 0 fully saturated rings. The van der Waals surface area contributed by atoms with Crippen molar-refractivity contribution in [1.29, 1.82) is 0 Å². The first-order valence-corrected chi connectivity index (χ1v) is 9.25. The molecule has 0 unspecified atom stereocenters. The van der Waals surface area contributed by atoms with Crippen LogP contribution in [0.5, 0.6) is 5.75 Å². The Labute approximate surface area is 166 Å². The van der Waals surface area contributed by atoms with E-state index in [4.69, 9.17) is 32.4 Å². The van der Waals surface area contributed by atoms with Crippen molar-refractivity contribution in [3.63, 3.8) is 0 Å². The Morgan fingerprint density at radius 3 is 2.44 bits per heavy atom. The van der Waals surface area contributed by atoms with E-state index in [0.717, 1.165) is 5.56 Å². The second-order valence-corrected chi connectivity index (χ2v) is 7.61. The number of carbonyl (C=O) groups is 1. The molecule has 3 rings (SSSR count). The molecule has 3 aromatic rings. The van der Waals surface area contributed by atoms with Gasteiger partial charge in [-0.05, 0) is 54.8 Å². The molecular formula is C21H18Cl2O4. The lowest BCUT2D eigenvalue weighted by Crippen LogP contribution is -2.17. The van der Waals surface area contributed by atoms with Gasteiger partial charge in [0.25, 0.3) is 0 Å². The average molecular weight is 405 g/mol. The van der Waals surface area contributed by atoms with E-state index in [9.17, 15) is 9.59 Å². The Kier molecular flexibility index (Phi) is 5.59. The van der Waals surface area contributed by atoms with Gasteiger partial charge >= 0.3 is 5.97 Å². The summed E-state index contributed by atoms with van der Waals surface area (Å²) in [5, 5.41) is 1.24. The summed E-state index contributed by atoms with van der Waals surface area (Å²) in [5.74, 6) is -0.357. The van der Waals surface area contributed by atoms with Crippen LogP contribution in [0.2, 0.25) is 10.0 Å². The van der Waals surface area contributed by atoms with E-state index in [-0.39, 0.29) is 29.2 Å². The molecule has 1 heterocycles. The minimum Gasteiger partial charge on any atom is -0.452 e. The zero-order chi connectivity index (χ0) is 19.7. The van der Waals surface area contributed by atoms with Gasteiger partial charge in [0.1, 0.15) is 5.58 Å². The molecule has 1 aromatic heterocycles. The van der Waals surface area contributed by atoms with Gasteiger partial charge in [-0.1, -0.05) is 37.0 Å². The van der Waals surface area contributed by atoms with Crippen LogP contribution in [0.15, 0.2) is 45.6 Å². The highest BCUT2D eigenvalue weighted by molar-refractivity contribution is 6.32. The lowest BCUT2D eigenvalue weighted by molar-refractivity contribution is -0.135. The molecule has 0 atom stereocenters. The van der Waals surface area contributed by atoms with Crippen LogP contribution in [0.3, 0.4) is 0 Å². The third-order valence-corrected chi connectivity index (χ3v) is 4.69. The molecule has 6 heteroatoms. The van der Waals surface area contributed by atoms with Crippen molar-refractivity contribution in [2.75, 3.05) is 0 Å². The first-order valence-electron chi connectivity index (χ1n) is 8.50. The molecule has 140 valence electrons. The smallest absolute Gasteiger partial charge is 0.311 e. The summed E-state index contributed by atoms with van der Waals surface area (Å²) in [4.78, 5) is 25.3. The number of benzene rings is 2. The predicted molar refractivity (Wildman–Crippen MR) is 108 cm³/mol. The second-order valence-electron chi connectivity index (χ2n) is 6.77. The topological polar surface area (TPSA) is 56.5 Å². The normalized spacial score (nSPS) is 11.2. The summed E-state index contributed by atoms with van der Waals surface area (Å²) in [6.45, 7) is 5.61. The van der Waals surface area contributed by atoms with Crippen molar-refractivity contribution in [3.05, 3.63) is 62.2 Å². The van der Waals surface area contributed by atoms with E-state index in [2.05, 4.69) is 0 Å². The summed E-state index contributed by atoms with van der Waals surface area (Å²) >= 11 is 12.1. The van der Waals surface area contributed by atoms with Gasteiger partial charge < -0.3 is 9.15 Å². The van der Waals surface area contributed by atoms with Crippen molar-refractivity contribution >= 4 is 40.1 Å². The molecule has 0 spiro atoms. The number of esters is 1. The molecule has 0 bridgehead atoms. The third kappa shape index (κ3) is 4.18. The van der Waals surface area contributed by atoms with Crippen LogP contribution in [-0.2, 0) is 4.79 Å². The van der Waals surface area contributed by atoms with Crippen molar-refractivity contribution in [1.82, 2.24) is 0 Å². The average Bonchev–Trinajstić information content (AvgIpc) is 2.59. The Balaban J connectivity index is 2.25. The molecule has 4 nitrogen and oxygen atoms in total. The maximum atomic E-state index is 13.1. The number of rotatable bonds is 4. The molecule has 27 heavy (non-hydrogen) atoms. The summed E-state index contributed by atoms with van der Waals surface area (Å²) in [5.41, 5.74) is 1.29. The zero-order valence-corrected chi connectivity index (χ0v) is 16.6. The molecule has 0 aliphatic carbocycles. The van der Waals surface area contributed by atoms with E-state index >= 15 is 0 Å². The summed E-state index contributed by atoms with van der Waals surface area (Å²) in [6, 6.07) is 9.98. The van der Waals surface area contributed by atoms with Crippen LogP contribution in [0, 0.1) is 12.8 Å². The molecule has 0 saturated heterocycles. The quantitative estimate of drug-likeness (QED) is 0.498. The zero-order valence-electron chi connectivity index (χ0n) is 15.1. The van der Waals surface area contributed by atoms with E-state index in [1.54, 1.807) is 30.3 Å². The lowest BCUT2D eigenvalue weighted by atomic mass is 10.1. The fourth-order valence-corrected chi connectivity index (χ4v) is 2.96. The molecule has 0 saturated carbocycles. The number of carbonyl (C=O) groups excluding carboxylic acids is 1. The fourth-order valence-electron chi connectivity index (χ4n) is 2.67. The Morgan fingerprint density at radius 2 is 1.81 bits per heavy atom. The van der Waals surface area contributed by atoms with Crippen LogP contribution >= 0.6 is 23.2 Å². The fraction of sp³-hybridized carbons (Fsp3) is 0.238. The molecular weight excluding hydrogens is 387 g/mol. The maximum Gasteiger partial charge on any atom is 0.311 e. The van der Waals surface area contributed by atoms with E-state index in [1.165, 1.54) is 6.07 Å². The number of hydrogen-bond donors (Lipinski definition) is 0. The Bertz CT molecular complexity index is 1070. The third-order valence-electron chi connectivity index (χ3n) is 4.03. The number of aryl methyl sites for hydroxylation is 1. The first-order chi connectivity index (χ1) is 12.8. The maximum absolute atomic E-state index is 13.1. The molecule has 0 amide bonds. The highest BCUT2D eigenvalue weighted by atomic mass is 35.5. The summed E-state index contributed by atoms with van der Waals surface area (Å²) < 4.78 is 11.4. The van der Waals surface area contributed by atoms with Crippen LogP contribution in [0.25, 0.3) is 22.3 Å². The monoisotopic (exact) mass is 404 g/mol. The van der Waals surface area contributed by atoms with Crippen LogP contribution < -0.4 is 10.2 Å². The molecule has 0 aliphatic heterocycles. The highest BCUT2D eigenvalue weighted by Gasteiger charge is 2.21. The Hall–Kier alpha value is -2.30. The Morgan fingerprint density at radius 1 is 1.15 bits per heavy atom. The van der Waals surface area contributed by atoms with Gasteiger partial charge in [0.2, 0.25) is 11.2 Å². The number of hydrogen-bond acceptors (Lipinski definition) is 4. The van der Waals surface area contributed by atoms with E-state index < -0.39 is 11.4 Å². The number of ether oxygens (including phenoxy) is 1. The van der Waals surface area contributed by atoms with Crippen molar-refractivity contribution < 1.29 is 13.9 Å². The van der Waals surface area contributed by atoms with Gasteiger partial charge in [0.15, 0.2) is 5.76 Å². The number of halogens is 2. The van der Waals surface area contributed by atoms with E-state index in [1.807, 2.05) is 20.8 Å². The SMILES string of the molecule is Cc1cc2oc(-c3ccc(Cl)cc3)c(OC(=O)CC(C)C)c(=O)c2cc1Cl. The van der Waals surface area contributed by atoms with Crippen molar-refractivity contribution in [3.8, 4) is 17.1 Å². The minimum absolute atomic E-state index is 0.0982. The summed E-state index contributed by atoms with van der Waals surface area (Å²) in [6.07, 6.45) is 0.187. The van der Waals surface area contributed by atoms with Crippen LogP contribution in [-0.4, -0.2) is 5.97 Å². The van der Waals surface area contributed by atoms with Gasteiger partial charge in [0.05, 0.1) is 5.39 Å². The lowest BCUT2D eigenvalue weighted by Gasteiger charge is -2.12. The van der Waals surface area contributed by atoms with Gasteiger partial charge in [0, 0.05) is 22.0 Å². The van der Waals surface area contributed by atoms with Crippen LogP contribution in [0.4, 0.5) is 0 Å². The van der Waals surface area contributed by atoms with Gasteiger partial charge in [-0.2, -0.15) is 0 Å². The molecule has 0 N–H and O–H groups in total. The number of fused-ring (bicyclic) bond motifs is 1. The standard InChI is InChI=1S/C21H18Cl2O4/c1-11(2)8-18(24)27-21-19(25)15-10-16(23)12(3)9-17(15)26-20(21)13-4-6-14(22)7-5-13/h4-7,9-11H,8H2,1-3H3. The summed E-state index contributed by atoms with van der Waals surface area (Å²) in [7, 11) is 0. The largest absolute Gasteiger partial charge is 0.452 e. The first kappa shape index (κ1) is 19.5. The van der Waals surface area contributed by atoms with E-state index in [0.29, 0.717) is 21.2 Å². The molecule has 0 radical (unpaired) electrons.